The van der Waals surface area contributed by atoms with E-state index in [0.717, 1.165) is 16.7 Å². The highest BCUT2D eigenvalue weighted by atomic mass is 16.3. The van der Waals surface area contributed by atoms with Gasteiger partial charge in [-0.25, -0.2) is 0 Å². The molecule has 0 spiro atoms. The average molecular weight is 267 g/mol. The van der Waals surface area contributed by atoms with Crippen molar-refractivity contribution in [3.63, 3.8) is 0 Å². The predicted molar refractivity (Wildman–Crippen MR) is 76.2 cm³/mol. The van der Waals surface area contributed by atoms with Crippen LogP contribution in [0.4, 0.5) is 0 Å². The third-order valence-corrected chi connectivity index (χ3v) is 3.33. The van der Waals surface area contributed by atoms with Crippen LogP contribution in [0.1, 0.15) is 28.4 Å². The number of aliphatic hydroxyl groups is 3. The van der Waals surface area contributed by atoms with Crippen LogP contribution < -0.4 is 0 Å². The number of hydrogen-bond acceptors (Lipinski definition) is 4. The van der Waals surface area contributed by atoms with E-state index in [9.17, 15) is 5.11 Å². The van der Waals surface area contributed by atoms with Crippen LogP contribution in [-0.4, -0.2) is 53.1 Å². The van der Waals surface area contributed by atoms with Gasteiger partial charge in [0.1, 0.15) is 0 Å². The molecule has 19 heavy (non-hydrogen) atoms. The zero-order valence-electron chi connectivity index (χ0n) is 12.1. The van der Waals surface area contributed by atoms with Crippen LogP contribution in [0.2, 0.25) is 0 Å². The molecule has 1 unspecified atom stereocenters. The maximum absolute atomic E-state index is 10.4. The molecule has 1 aromatic rings. The molecule has 0 aliphatic heterocycles. The van der Waals surface area contributed by atoms with Gasteiger partial charge < -0.3 is 15.3 Å². The van der Waals surface area contributed by atoms with Gasteiger partial charge in [0, 0.05) is 19.6 Å². The first-order chi connectivity index (χ1) is 8.99. The summed E-state index contributed by atoms with van der Waals surface area (Å²) in [4.78, 5) is 1.86. The summed E-state index contributed by atoms with van der Waals surface area (Å²) < 4.78 is 0. The van der Waals surface area contributed by atoms with Crippen LogP contribution >= 0.6 is 0 Å². The molecule has 0 radical (unpaired) electrons. The molecular weight excluding hydrogens is 242 g/mol. The molecule has 1 atom stereocenters. The highest BCUT2D eigenvalue weighted by Gasteiger charge is 2.17. The van der Waals surface area contributed by atoms with Crippen molar-refractivity contribution in [3.8, 4) is 0 Å². The van der Waals surface area contributed by atoms with Crippen molar-refractivity contribution in [3.05, 3.63) is 34.4 Å². The molecule has 0 aliphatic carbocycles. The van der Waals surface area contributed by atoms with Crippen LogP contribution in [0.15, 0.2) is 12.1 Å². The van der Waals surface area contributed by atoms with Gasteiger partial charge in [-0.2, -0.15) is 0 Å². The Balaban J connectivity index is 2.84. The topological polar surface area (TPSA) is 63.9 Å². The fraction of sp³-hybridized carbons (Fsp3) is 0.600. The number of rotatable bonds is 7. The summed E-state index contributed by atoms with van der Waals surface area (Å²) in [6.45, 7) is 7.44. The lowest BCUT2D eigenvalue weighted by molar-refractivity contribution is 0.0868. The molecule has 3 N–H and O–H groups in total. The summed E-state index contributed by atoms with van der Waals surface area (Å²) in [5, 5.41) is 28.4. The van der Waals surface area contributed by atoms with E-state index in [-0.39, 0.29) is 13.2 Å². The number of benzene rings is 1. The van der Waals surface area contributed by atoms with Gasteiger partial charge in [0.05, 0.1) is 19.3 Å². The van der Waals surface area contributed by atoms with Gasteiger partial charge in [-0.15, -0.1) is 0 Å². The van der Waals surface area contributed by atoms with Crippen LogP contribution in [0.25, 0.3) is 0 Å². The van der Waals surface area contributed by atoms with Crippen molar-refractivity contribution in [1.82, 2.24) is 4.90 Å². The summed E-state index contributed by atoms with van der Waals surface area (Å²) in [7, 11) is 0. The Morgan fingerprint density at radius 1 is 1.00 bits per heavy atom. The Labute approximate surface area is 115 Å². The predicted octanol–water partition coefficient (Wildman–Crippen LogP) is 0.932. The van der Waals surface area contributed by atoms with Crippen LogP contribution in [0, 0.1) is 20.8 Å². The summed E-state index contributed by atoms with van der Waals surface area (Å²) in [6, 6.07) is 4.13. The van der Waals surface area contributed by atoms with Crippen molar-refractivity contribution in [1.29, 1.82) is 0 Å². The zero-order chi connectivity index (χ0) is 14.4. The fourth-order valence-electron chi connectivity index (χ4n) is 2.63. The molecule has 0 aliphatic rings. The highest BCUT2D eigenvalue weighted by molar-refractivity contribution is 5.39. The Morgan fingerprint density at radius 3 is 1.89 bits per heavy atom. The smallest absolute Gasteiger partial charge is 0.0922 e. The zero-order valence-corrected chi connectivity index (χ0v) is 12.1. The lowest BCUT2D eigenvalue weighted by Crippen LogP contribution is -2.34. The molecule has 0 bridgehead atoms. The lowest BCUT2D eigenvalue weighted by Gasteiger charge is -2.25. The van der Waals surface area contributed by atoms with Gasteiger partial charge in [0.15, 0.2) is 0 Å². The van der Waals surface area contributed by atoms with Gasteiger partial charge in [-0.3, -0.25) is 4.90 Å². The second-order valence-electron chi connectivity index (χ2n) is 5.08. The monoisotopic (exact) mass is 267 g/mol. The summed E-state index contributed by atoms with van der Waals surface area (Å²) in [5.41, 5.74) is 4.30. The molecule has 108 valence electrons. The normalized spacial score (nSPS) is 13.0. The SMILES string of the molecule is Cc1cc(C)c(C(O)CN(CCO)CCO)c(C)c1. The summed E-state index contributed by atoms with van der Waals surface area (Å²) >= 11 is 0. The van der Waals surface area contributed by atoms with E-state index in [1.54, 1.807) is 0 Å². The lowest BCUT2D eigenvalue weighted by atomic mass is 9.95. The molecular formula is C15H25NO3. The Morgan fingerprint density at radius 2 is 1.47 bits per heavy atom. The molecule has 0 fully saturated rings. The van der Waals surface area contributed by atoms with Gasteiger partial charge in [0.25, 0.3) is 0 Å². The number of hydrogen-bond donors (Lipinski definition) is 3. The first kappa shape index (κ1) is 16.1. The van der Waals surface area contributed by atoms with Crippen LogP contribution in [0.5, 0.6) is 0 Å². The molecule has 0 saturated heterocycles. The first-order valence-corrected chi connectivity index (χ1v) is 6.69. The van der Waals surface area contributed by atoms with Gasteiger partial charge in [0.2, 0.25) is 0 Å². The number of nitrogens with zero attached hydrogens (tertiary/aromatic N) is 1. The Kier molecular flexibility index (Phi) is 6.45. The first-order valence-electron chi connectivity index (χ1n) is 6.69. The van der Waals surface area contributed by atoms with E-state index in [2.05, 4.69) is 12.1 Å². The summed E-state index contributed by atoms with van der Waals surface area (Å²) in [6.07, 6.45) is -0.598. The minimum Gasteiger partial charge on any atom is -0.395 e. The van der Waals surface area contributed by atoms with Crippen LogP contribution in [0.3, 0.4) is 0 Å². The molecule has 1 aromatic carbocycles. The molecule has 4 heteroatoms. The standard InChI is InChI=1S/C15H25NO3/c1-11-8-12(2)15(13(3)9-11)14(19)10-16(4-6-17)5-7-18/h8-9,14,17-19H,4-7,10H2,1-3H3. The van der Waals surface area contributed by atoms with E-state index >= 15 is 0 Å². The quantitative estimate of drug-likeness (QED) is 0.688. The average Bonchev–Trinajstić information content (AvgIpc) is 2.27. The van der Waals surface area contributed by atoms with Gasteiger partial charge >= 0.3 is 0 Å². The van der Waals surface area contributed by atoms with E-state index in [1.807, 2.05) is 25.7 Å². The molecule has 4 nitrogen and oxygen atoms in total. The molecule has 0 heterocycles. The van der Waals surface area contributed by atoms with Crippen molar-refractivity contribution < 1.29 is 15.3 Å². The minimum absolute atomic E-state index is 0.0264. The highest BCUT2D eigenvalue weighted by Crippen LogP contribution is 2.24. The maximum Gasteiger partial charge on any atom is 0.0922 e. The Hall–Kier alpha value is -0.940. The molecule has 1 rings (SSSR count). The molecule has 0 saturated carbocycles. The van der Waals surface area contributed by atoms with Gasteiger partial charge in [-0.05, 0) is 37.5 Å². The number of aryl methyl sites for hydroxylation is 3. The molecule has 0 amide bonds. The third-order valence-electron chi connectivity index (χ3n) is 3.33. The minimum atomic E-state index is -0.598. The van der Waals surface area contributed by atoms with Crippen molar-refractivity contribution in [2.45, 2.75) is 26.9 Å². The van der Waals surface area contributed by atoms with Crippen molar-refractivity contribution >= 4 is 0 Å². The van der Waals surface area contributed by atoms with Crippen LogP contribution in [-0.2, 0) is 0 Å². The molecule has 0 aromatic heterocycles. The van der Waals surface area contributed by atoms with Crippen molar-refractivity contribution in [2.24, 2.45) is 0 Å². The maximum atomic E-state index is 10.4. The number of aliphatic hydroxyl groups excluding tert-OH is 3. The second-order valence-corrected chi connectivity index (χ2v) is 5.08. The van der Waals surface area contributed by atoms with E-state index in [4.69, 9.17) is 10.2 Å². The van der Waals surface area contributed by atoms with E-state index in [1.165, 1.54) is 5.56 Å². The Bertz CT molecular complexity index is 377. The van der Waals surface area contributed by atoms with Gasteiger partial charge in [-0.1, -0.05) is 17.7 Å². The fourth-order valence-corrected chi connectivity index (χ4v) is 2.63. The van der Waals surface area contributed by atoms with E-state index < -0.39 is 6.10 Å². The van der Waals surface area contributed by atoms with Crippen molar-refractivity contribution in [2.75, 3.05) is 32.8 Å². The largest absolute Gasteiger partial charge is 0.395 e. The second kappa shape index (κ2) is 7.60. The third kappa shape index (κ3) is 4.58. The van der Waals surface area contributed by atoms with E-state index in [0.29, 0.717) is 19.6 Å². The summed E-state index contributed by atoms with van der Waals surface area (Å²) in [5.74, 6) is 0.